The van der Waals surface area contributed by atoms with E-state index < -0.39 is 5.76 Å². The van der Waals surface area contributed by atoms with Gasteiger partial charge in [0.05, 0.1) is 22.8 Å². The van der Waals surface area contributed by atoms with Crippen molar-refractivity contribution < 1.29 is 8.81 Å². The molecule has 1 saturated heterocycles. The second kappa shape index (κ2) is 7.84. The summed E-state index contributed by atoms with van der Waals surface area (Å²) in [5, 5.41) is 12.5. The van der Waals surface area contributed by atoms with Gasteiger partial charge < -0.3 is 9.32 Å². The fraction of sp³-hybridized carbons (Fsp3) is 0.304. The number of piperazine rings is 1. The molecule has 1 fully saturated rings. The van der Waals surface area contributed by atoms with E-state index in [1.54, 1.807) is 18.4 Å². The number of thiophene rings is 1. The number of hydrogen-bond acceptors (Lipinski definition) is 6. The van der Waals surface area contributed by atoms with E-state index in [-0.39, 0.29) is 5.82 Å². The molecule has 0 radical (unpaired) electrons. The lowest BCUT2D eigenvalue weighted by Gasteiger charge is -2.36. The molecule has 0 saturated carbocycles. The van der Waals surface area contributed by atoms with Crippen LogP contribution in [0.2, 0.25) is 0 Å². The van der Waals surface area contributed by atoms with E-state index in [0.29, 0.717) is 22.4 Å². The van der Waals surface area contributed by atoms with Crippen molar-refractivity contribution in [2.75, 3.05) is 37.6 Å². The third kappa shape index (κ3) is 3.60. The van der Waals surface area contributed by atoms with Crippen LogP contribution in [0, 0.1) is 17.1 Å². The van der Waals surface area contributed by atoms with E-state index in [1.807, 2.05) is 18.2 Å². The fourth-order valence-electron chi connectivity index (χ4n) is 4.24. The number of nitrogens with zero attached hydrogens (tertiary/aromatic N) is 4. The van der Waals surface area contributed by atoms with Crippen LogP contribution in [0.15, 0.2) is 44.9 Å². The predicted molar refractivity (Wildman–Crippen MR) is 120 cm³/mol. The summed E-state index contributed by atoms with van der Waals surface area (Å²) < 4.78 is 22.1. The Bertz CT molecular complexity index is 1370. The molecule has 8 heteroatoms. The summed E-state index contributed by atoms with van der Waals surface area (Å²) in [5.74, 6) is -0.856. The van der Waals surface area contributed by atoms with Gasteiger partial charge in [-0.05, 0) is 40.9 Å². The lowest BCUT2D eigenvalue weighted by Crippen LogP contribution is -2.47. The predicted octanol–water partition coefficient (Wildman–Crippen LogP) is 3.72. The van der Waals surface area contributed by atoms with E-state index in [4.69, 9.17) is 9.68 Å². The molecule has 158 valence electrons. The maximum atomic E-state index is 14.2. The molecule has 1 aliphatic rings. The van der Waals surface area contributed by atoms with Gasteiger partial charge in [-0.15, -0.1) is 11.3 Å². The molecule has 4 aromatic rings. The Morgan fingerprint density at radius 2 is 2.00 bits per heavy atom. The van der Waals surface area contributed by atoms with Gasteiger partial charge in [0.15, 0.2) is 5.58 Å². The molecule has 0 unspecified atom stereocenters. The Kier molecular flexibility index (Phi) is 5.00. The van der Waals surface area contributed by atoms with Gasteiger partial charge in [-0.1, -0.05) is 0 Å². The Morgan fingerprint density at radius 1 is 1.19 bits per heavy atom. The summed E-state index contributed by atoms with van der Waals surface area (Å²) in [5.41, 5.74) is 3.52. The smallest absolute Gasteiger partial charge is 0.405 e. The van der Waals surface area contributed by atoms with Crippen LogP contribution in [0.3, 0.4) is 0 Å². The zero-order chi connectivity index (χ0) is 21.5. The average molecular weight is 437 g/mol. The van der Waals surface area contributed by atoms with Crippen molar-refractivity contribution in [3.8, 4) is 6.07 Å². The van der Waals surface area contributed by atoms with Crippen LogP contribution in [0.5, 0.6) is 0 Å². The first-order valence-corrected chi connectivity index (χ1v) is 11.1. The van der Waals surface area contributed by atoms with Crippen LogP contribution in [0.25, 0.3) is 21.2 Å². The van der Waals surface area contributed by atoms with Crippen LogP contribution in [0.4, 0.5) is 10.1 Å². The molecule has 0 amide bonds. The summed E-state index contributed by atoms with van der Waals surface area (Å²) >= 11 is 1.71. The number of aromatic nitrogens is 1. The van der Waals surface area contributed by atoms with E-state index in [1.165, 1.54) is 32.3 Å². The first kappa shape index (κ1) is 19.8. The highest BCUT2D eigenvalue weighted by Crippen LogP contribution is 2.29. The molecular weight excluding hydrogens is 415 g/mol. The number of halogens is 1. The van der Waals surface area contributed by atoms with Crippen molar-refractivity contribution in [2.24, 2.45) is 7.05 Å². The van der Waals surface area contributed by atoms with Crippen molar-refractivity contribution in [3.63, 3.8) is 0 Å². The quantitative estimate of drug-likeness (QED) is 0.488. The zero-order valence-corrected chi connectivity index (χ0v) is 17.9. The van der Waals surface area contributed by atoms with Crippen LogP contribution >= 0.6 is 11.3 Å². The molecule has 0 bridgehead atoms. The summed E-state index contributed by atoms with van der Waals surface area (Å²) in [6.45, 7) is 4.09. The van der Waals surface area contributed by atoms with E-state index in [0.717, 1.165) is 39.1 Å². The maximum Gasteiger partial charge on any atom is 0.419 e. The van der Waals surface area contributed by atoms with Crippen LogP contribution in [-0.2, 0) is 13.5 Å². The molecule has 1 aliphatic heterocycles. The van der Waals surface area contributed by atoms with Gasteiger partial charge in [-0.2, -0.15) is 5.26 Å². The molecule has 2 aromatic heterocycles. The molecule has 3 heterocycles. The number of nitriles is 1. The summed E-state index contributed by atoms with van der Waals surface area (Å²) in [6.07, 6.45) is 0.923. The first-order chi connectivity index (χ1) is 15.0. The summed E-state index contributed by atoms with van der Waals surface area (Å²) in [6, 6.07) is 10.9. The SMILES string of the molecule is Cn1c(=O)oc2c(N3CCN(CCc4csc5ccc(C#N)cc45)CC3)cc(F)cc21. The minimum atomic E-state index is -0.483. The van der Waals surface area contributed by atoms with Crippen LogP contribution in [-0.4, -0.2) is 42.2 Å². The fourth-order valence-corrected chi connectivity index (χ4v) is 5.22. The molecule has 6 nitrogen and oxygen atoms in total. The van der Waals surface area contributed by atoms with Gasteiger partial charge in [0, 0.05) is 56.6 Å². The zero-order valence-electron chi connectivity index (χ0n) is 17.1. The summed E-state index contributed by atoms with van der Waals surface area (Å²) in [4.78, 5) is 16.4. The second-order valence-corrected chi connectivity index (χ2v) is 8.77. The number of oxazole rings is 1. The van der Waals surface area contributed by atoms with Crippen LogP contribution in [0.1, 0.15) is 11.1 Å². The number of aryl methyl sites for hydroxylation is 1. The van der Waals surface area contributed by atoms with Crippen molar-refractivity contribution in [2.45, 2.75) is 6.42 Å². The Morgan fingerprint density at radius 3 is 2.77 bits per heavy atom. The number of benzene rings is 2. The summed E-state index contributed by atoms with van der Waals surface area (Å²) in [7, 11) is 1.59. The topological polar surface area (TPSA) is 65.4 Å². The molecular formula is C23H21FN4O2S. The van der Waals surface area contributed by atoms with E-state index in [9.17, 15) is 9.18 Å². The minimum Gasteiger partial charge on any atom is -0.405 e. The Balaban J connectivity index is 1.28. The molecule has 31 heavy (non-hydrogen) atoms. The van der Waals surface area contributed by atoms with Crippen molar-refractivity contribution in [1.82, 2.24) is 9.47 Å². The third-order valence-electron chi connectivity index (χ3n) is 6.03. The monoisotopic (exact) mass is 436 g/mol. The Hall–Kier alpha value is -3.15. The number of hydrogen-bond donors (Lipinski definition) is 0. The van der Waals surface area contributed by atoms with Gasteiger partial charge in [0.2, 0.25) is 0 Å². The van der Waals surface area contributed by atoms with E-state index in [2.05, 4.69) is 21.2 Å². The minimum absolute atomic E-state index is 0.373. The number of anilines is 1. The van der Waals surface area contributed by atoms with Gasteiger partial charge >= 0.3 is 5.76 Å². The highest BCUT2D eigenvalue weighted by molar-refractivity contribution is 7.17. The second-order valence-electron chi connectivity index (χ2n) is 7.86. The largest absolute Gasteiger partial charge is 0.419 e. The molecule has 0 N–H and O–H groups in total. The average Bonchev–Trinajstić information content (AvgIpc) is 3.32. The van der Waals surface area contributed by atoms with E-state index >= 15 is 0 Å². The third-order valence-corrected chi connectivity index (χ3v) is 7.04. The van der Waals surface area contributed by atoms with Crippen molar-refractivity contribution in [3.05, 3.63) is 63.2 Å². The van der Waals surface area contributed by atoms with Gasteiger partial charge in [0.25, 0.3) is 0 Å². The first-order valence-electron chi connectivity index (χ1n) is 10.2. The number of rotatable bonds is 4. The Labute approximate surface area is 182 Å². The van der Waals surface area contributed by atoms with Crippen molar-refractivity contribution >= 4 is 38.2 Å². The molecule has 2 aromatic carbocycles. The van der Waals surface area contributed by atoms with Crippen LogP contribution < -0.4 is 10.7 Å². The standard InChI is InChI=1S/C23H21FN4O2S/c1-26-19-11-17(24)12-20(22(19)30-23(26)29)28-8-6-27(7-9-28)5-4-16-14-31-21-3-2-15(13-25)10-18(16)21/h2-3,10-12,14H,4-9H2,1H3. The molecule has 0 aliphatic carbocycles. The van der Waals surface area contributed by atoms with Gasteiger partial charge in [0.1, 0.15) is 5.82 Å². The lowest BCUT2D eigenvalue weighted by molar-refractivity contribution is 0.261. The number of fused-ring (bicyclic) bond motifs is 2. The molecule has 0 spiro atoms. The molecule has 0 atom stereocenters. The van der Waals surface area contributed by atoms with Crippen molar-refractivity contribution in [1.29, 1.82) is 5.26 Å². The van der Waals surface area contributed by atoms with Gasteiger partial charge in [-0.25, -0.2) is 9.18 Å². The lowest BCUT2D eigenvalue weighted by atomic mass is 10.1. The highest BCUT2D eigenvalue weighted by Gasteiger charge is 2.22. The molecule has 5 rings (SSSR count). The maximum absolute atomic E-state index is 14.2. The van der Waals surface area contributed by atoms with Gasteiger partial charge in [-0.3, -0.25) is 9.47 Å². The highest BCUT2D eigenvalue weighted by atomic mass is 32.1. The normalized spacial score (nSPS) is 15.1.